The molecule has 0 atom stereocenters. The van der Waals surface area contributed by atoms with Crippen molar-refractivity contribution in [3.05, 3.63) is 71.8 Å². The van der Waals surface area contributed by atoms with E-state index in [-0.39, 0.29) is 22.6 Å². The lowest BCUT2D eigenvalue weighted by atomic mass is 10.1. The number of rotatable bonds is 6. The molecule has 1 amide bonds. The first kappa shape index (κ1) is 19.8. The molecule has 0 aliphatic carbocycles. The summed E-state index contributed by atoms with van der Waals surface area (Å²) in [5, 5.41) is 13.9. The molecule has 7 heteroatoms. The number of nitrogens with zero attached hydrogens (tertiary/aromatic N) is 1. The van der Waals surface area contributed by atoms with Crippen molar-refractivity contribution in [3.8, 4) is 17.6 Å². The van der Waals surface area contributed by atoms with Gasteiger partial charge in [-0.25, -0.2) is 0 Å². The first-order chi connectivity index (χ1) is 14.0. The van der Waals surface area contributed by atoms with Crippen LogP contribution in [0.2, 0.25) is 0 Å². The molecule has 0 aliphatic rings. The third-order valence-corrected chi connectivity index (χ3v) is 4.14. The van der Waals surface area contributed by atoms with Crippen molar-refractivity contribution in [2.24, 2.45) is 0 Å². The second-order valence-electron chi connectivity index (χ2n) is 5.91. The predicted octanol–water partition coefficient (Wildman–Crippen LogP) is 5.00. The minimum absolute atomic E-state index is 0.0609. The number of ether oxygens (including phenoxy) is 2. The molecule has 0 aromatic heterocycles. The van der Waals surface area contributed by atoms with Gasteiger partial charge in [-0.05, 0) is 23.6 Å². The average Bonchev–Trinajstić information content (AvgIpc) is 2.72. The second-order valence-corrected chi connectivity index (χ2v) is 5.91. The lowest BCUT2D eigenvalue weighted by molar-refractivity contribution is -0.112. The molecule has 0 saturated carbocycles. The van der Waals surface area contributed by atoms with Crippen LogP contribution in [-0.4, -0.2) is 19.6 Å². The molecule has 0 unspecified atom stereocenters. The maximum absolute atomic E-state index is 12.8. The third kappa shape index (κ3) is 4.50. The Morgan fingerprint density at radius 3 is 2.55 bits per heavy atom. The van der Waals surface area contributed by atoms with Gasteiger partial charge in [0.25, 0.3) is 5.91 Å². The van der Waals surface area contributed by atoms with E-state index in [0.717, 1.165) is 10.8 Å². The van der Waals surface area contributed by atoms with E-state index in [4.69, 9.17) is 4.74 Å². The Balaban J connectivity index is 1.96. The van der Waals surface area contributed by atoms with Gasteiger partial charge in [0.15, 0.2) is 11.5 Å². The molecule has 3 aromatic rings. The Morgan fingerprint density at radius 1 is 1.10 bits per heavy atom. The van der Waals surface area contributed by atoms with Gasteiger partial charge in [0, 0.05) is 16.6 Å². The number of fused-ring (bicyclic) bond motifs is 1. The number of hydrogen-bond acceptors (Lipinski definition) is 4. The number of nitriles is 1. The molecular formula is C22H16F2N2O3. The van der Waals surface area contributed by atoms with Crippen LogP contribution in [0.1, 0.15) is 5.56 Å². The Bertz CT molecular complexity index is 1120. The van der Waals surface area contributed by atoms with E-state index >= 15 is 0 Å². The summed E-state index contributed by atoms with van der Waals surface area (Å²) in [6.45, 7) is -3.09. The lowest BCUT2D eigenvalue weighted by Crippen LogP contribution is -2.14. The van der Waals surface area contributed by atoms with Gasteiger partial charge in [-0.2, -0.15) is 14.0 Å². The van der Waals surface area contributed by atoms with E-state index in [1.165, 1.54) is 25.3 Å². The number of carbonyl (C=O) groups is 1. The van der Waals surface area contributed by atoms with E-state index in [9.17, 15) is 18.8 Å². The number of anilines is 1. The zero-order valence-corrected chi connectivity index (χ0v) is 15.4. The van der Waals surface area contributed by atoms with Gasteiger partial charge in [0.1, 0.15) is 11.6 Å². The lowest BCUT2D eigenvalue weighted by Gasteiger charge is -2.13. The zero-order chi connectivity index (χ0) is 20.8. The SMILES string of the molecule is COc1cccc(/C=C(\C#N)C(=O)Nc2cccc3ccccc23)c1OC(F)F. The molecule has 0 fully saturated rings. The van der Waals surface area contributed by atoms with Crippen LogP contribution in [0.3, 0.4) is 0 Å². The summed E-state index contributed by atoms with van der Waals surface area (Å²) >= 11 is 0. The van der Waals surface area contributed by atoms with E-state index in [1.807, 2.05) is 30.3 Å². The molecular weight excluding hydrogens is 378 g/mol. The predicted molar refractivity (Wildman–Crippen MR) is 106 cm³/mol. The summed E-state index contributed by atoms with van der Waals surface area (Å²) in [5.41, 5.74) is 0.378. The quantitative estimate of drug-likeness (QED) is 0.472. The van der Waals surface area contributed by atoms with Crippen LogP contribution in [0.25, 0.3) is 16.8 Å². The molecule has 3 rings (SSSR count). The molecule has 0 saturated heterocycles. The number of methoxy groups -OCH3 is 1. The molecule has 0 heterocycles. The van der Waals surface area contributed by atoms with Crippen molar-refractivity contribution >= 4 is 28.4 Å². The number of benzene rings is 3. The van der Waals surface area contributed by atoms with Gasteiger partial charge in [-0.3, -0.25) is 4.79 Å². The molecule has 0 radical (unpaired) electrons. The Kier molecular flexibility index (Phi) is 6.05. The fraction of sp³-hybridized carbons (Fsp3) is 0.0909. The zero-order valence-electron chi connectivity index (χ0n) is 15.4. The third-order valence-electron chi connectivity index (χ3n) is 4.14. The van der Waals surface area contributed by atoms with Gasteiger partial charge in [0.2, 0.25) is 0 Å². The molecule has 3 aromatic carbocycles. The van der Waals surface area contributed by atoms with Crippen LogP contribution >= 0.6 is 0 Å². The molecule has 1 N–H and O–H groups in total. The highest BCUT2D eigenvalue weighted by Crippen LogP contribution is 2.34. The Hall–Kier alpha value is -3.92. The summed E-state index contributed by atoms with van der Waals surface area (Å²) in [4.78, 5) is 12.7. The molecule has 0 bridgehead atoms. The fourth-order valence-electron chi connectivity index (χ4n) is 2.85. The van der Waals surface area contributed by atoms with Crippen molar-refractivity contribution in [2.45, 2.75) is 6.61 Å². The molecule has 29 heavy (non-hydrogen) atoms. The van der Waals surface area contributed by atoms with Crippen LogP contribution in [0.4, 0.5) is 14.5 Å². The summed E-state index contributed by atoms with van der Waals surface area (Å²) in [6, 6.07) is 19.1. The van der Waals surface area contributed by atoms with Crippen molar-refractivity contribution < 1.29 is 23.0 Å². The maximum Gasteiger partial charge on any atom is 0.387 e. The topological polar surface area (TPSA) is 71.3 Å². The van der Waals surface area contributed by atoms with Gasteiger partial charge in [0.05, 0.1) is 7.11 Å². The van der Waals surface area contributed by atoms with Crippen molar-refractivity contribution in [1.29, 1.82) is 5.26 Å². The van der Waals surface area contributed by atoms with Gasteiger partial charge in [-0.1, -0.05) is 48.5 Å². The van der Waals surface area contributed by atoms with Crippen LogP contribution < -0.4 is 14.8 Å². The normalized spacial score (nSPS) is 11.2. The van der Waals surface area contributed by atoms with Crippen LogP contribution in [0.15, 0.2) is 66.2 Å². The van der Waals surface area contributed by atoms with Crippen molar-refractivity contribution in [1.82, 2.24) is 0 Å². The van der Waals surface area contributed by atoms with E-state index in [2.05, 4.69) is 10.1 Å². The van der Waals surface area contributed by atoms with Gasteiger partial charge < -0.3 is 14.8 Å². The molecule has 0 spiro atoms. The highest BCUT2D eigenvalue weighted by molar-refractivity contribution is 6.13. The van der Waals surface area contributed by atoms with Crippen molar-refractivity contribution in [2.75, 3.05) is 12.4 Å². The number of halogens is 2. The number of hydrogen-bond donors (Lipinski definition) is 1. The van der Waals surface area contributed by atoms with E-state index < -0.39 is 12.5 Å². The van der Waals surface area contributed by atoms with Crippen LogP contribution in [0.5, 0.6) is 11.5 Å². The highest BCUT2D eigenvalue weighted by atomic mass is 19.3. The first-order valence-corrected chi connectivity index (χ1v) is 8.56. The fourth-order valence-corrected chi connectivity index (χ4v) is 2.85. The summed E-state index contributed by atoms with van der Waals surface area (Å²) in [7, 11) is 1.31. The second kappa shape index (κ2) is 8.85. The number of amides is 1. The number of alkyl halides is 2. The largest absolute Gasteiger partial charge is 0.493 e. The number of nitrogens with one attached hydrogen (secondary N) is 1. The maximum atomic E-state index is 12.8. The minimum Gasteiger partial charge on any atom is -0.493 e. The Labute approximate surface area is 165 Å². The van der Waals surface area contributed by atoms with Crippen molar-refractivity contribution in [3.63, 3.8) is 0 Å². The summed E-state index contributed by atoms with van der Waals surface area (Å²) in [5.74, 6) is -0.865. The molecule has 0 aliphatic heterocycles. The smallest absolute Gasteiger partial charge is 0.387 e. The van der Waals surface area contributed by atoms with Gasteiger partial charge in [-0.15, -0.1) is 0 Å². The number of para-hydroxylation sites is 1. The molecule has 5 nitrogen and oxygen atoms in total. The minimum atomic E-state index is -3.09. The van der Waals surface area contributed by atoms with Crippen LogP contribution in [-0.2, 0) is 4.79 Å². The van der Waals surface area contributed by atoms with Gasteiger partial charge >= 0.3 is 6.61 Å². The highest BCUT2D eigenvalue weighted by Gasteiger charge is 2.17. The first-order valence-electron chi connectivity index (χ1n) is 8.56. The Morgan fingerprint density at radius 2 is 1.83 bits per heavy atom. The van der Waals surface area contributed by atoms with Crippen LogP contribution in [0, 0.1) is 11.3 Å². The molecule has 146 valence electrons. The summed E-state index contributed by atoms with van der Waals surface area (Å²) < 4.78 is 35.1. The summed E-state index contributed by atoms with van der Waals surface area (Å²) in [6.07, 6.45) is 1.18. The average molecular weight is 394 g/mol. The number of carbonyl (C=O) groups excluding carboxylic acids is 1. The van der Waals surface area contributed by atoms with E-state index in [0.29, 0.717) is 5.69 Å². The van der Waals surface area contributed by atoms with E-state index in [1.54, 1.807) is 24.3 Å². The monoisotopic (exact) mass is 394 g/mol. The standard InChI is InChI=1S/C22H16F2N2O3/c1-28-19-11-5-8-15(20(19)29-22(23)24)12-16(13-25)21(27)26-18-10-4-7-14-6-2-3-9-17(14)18/h2-12,22H,1H3,(H,26,27)/b16-12+.